The first-order valence-corrected chi connectivity index (χ1v) is 5.49. The van der Waals surface area contributed by atoms with Crippen LogP contribution in [0.3, 0.4) is 0 Å². The molecule has 15 heavy (non-hydrogen) atoms. The molecule has 82 valence electrons. The Hall–Kier alpha value is -1.27. The summed E-state index contributed by atoms with van der Waals surface area (Å²) in [5, 5.41) is 7.66. The van der Waals surface area contributed by atoms with Crippen LogP contribution in [0.25, 0.3) is 0 Å². The van der Waals surface area contributed by atoms with E-state index in [4.69, 9.17) is 6.42 Å². The van der Waals surface area contributed by atoms with Crippen LogP contribution < -0.4 is 5.32 Å². The highest BCUT2D eigenvalue weighted by Gasteiger charge is 2.05. The number of hydrogen-bond donors (Lipinski definition) is 1. The molecule has 1 heterocycles. The molecule has 0 saturated heterocycles. The minimum absolute atomic E-state index is 0.412. The van der Waals surface area contributed by atoms with Crippen molar-refractivity contribution >= 4 is 0 Å². The van der Waals surface area contributed by atoms with Gasteiger partial charge in [-0.05, 0) is 19.4 Å². The first kappa shape index (κ1) is 11.8. The summed E-state index contributed by atoms with van der Waals surface area (Å²) in [6, 6.07) is 2.45. The highest BCUT2D eigenvalue weighted by molar-refractivity contribution is 5.00. The summed E-state index contributed by atoms with van der Waals surface area (Å²) >= 11 is 0. The minimum Gasteiger partial charge on any atom is -0.307 e. The molecule has 0 spiro atoms. The van der Waals surface area contributed by atoms with Crippen molar-refractivity contribution in [3.05, 3.63) is 18.0 Å². The largest absolute Gasteiger partial charge is 0.307 e. The van der Waals surface area contributed by atoms with Crippen molar-refractivity contribution in [2.75, 3.05) is 0 Å². The number of aromatic nitrogens is 2. The average Bonchev–Trinajstić information content (AvgIpc) is 2.71. The zero-order valence-corrected chi connectivity index (χ0v) is 9.53. The topological polar surface area (TPSA) is 29.9 Å². The molecule has 0 amide bonds. The van der Waals surface area contributed by atoms with Gasteiger partial charge >= 0.3 is 0 Å². The van der Waals surface area contributed by atoms with Gasteiger partial charge in [-0.1, -0.05) is 6.92 Å². The lowest BCUT2D eigenvalue weighted by Gasteiger charge is -2.14. The van der Waals surface area contributed by atoms with Gasteiger partial charge < -0.3 is 5.32 Å². The van der Waals surface area contributed by atoms with Gasteiger partial charge in [-0.15, -0.1) is 12.3 Å². The third-order valence-corrected chi connectivity index (χ3v) is 2.53. The van der Waals surface area contributed by atoms with Crippen molar-refractivity contribution < 1.29 is 0 Å². The maximum absolute atomic E-state index is 5.30. The zero-order chi connectivity index (χ0) is 11.1. The normalized spacial score (nSPS) is 12.3. The van der Waals surface area contributed by atoms with Gasteiger partial charge in [0, 0.05) is 31.7 Å². The van der Waals surface area contributed by atoms with Crippen LogP contribution in [0.4, 0.5) is 0 Å². The standard InChI is InChI=1S/C12H19N3/c1-4-7-11(5-2)13-10-12-8-9-14-15(12)6-3/h1,8-9,11,13H,5-7,10H2,2-3H3. The predicted molar refractivity (Wildman–Crippen MR) is 62.3 cm³/mol. The van der Waals surface area contributed by atoms with Crippen molar-refractivity contribution in [2.45, 2.75) is 45.8 Å². The van der Waals surface area contributed by atoms with E-state index in [1.807, 2.05) is 16.9 Å². The van der Waals surface area contributed by atoms with Gasteiger partial charge in [0.1, 0.15) is 0 Å². The van der Waals surface area contributed by atoms with Crippen LogP contribution in [-0.4, -0.2) is 15.8 Å². The van der Waals surface area contributed by atoms with Gasteiger partial charge in [-0.3, -0.25) is 4.68 Å². The van der Waals surface area contributed by atoms with Gasteiger partial charge in [0.2, 0.25) is 0 Å². The molecule has 0 aromatic carbocycles. The fourth-order valence-corrected chi connectivity index (χ4v) is 1.55. The summed E-state index contributed by atoms with van der Waals surface area (Å²) in [5.74, 6) is 2.69. The molecule has 1 aromatic heterocycles. The smallest absolute Gasteiger partial charge is 0.0522 e. The molecule has 0 fully saturated rings. The van der Waals surface area contributed by atoms with Crippen LogP contribution in [0.2, 0.25) is 0 Å². The quantitative estimate of drug-likeness (QED) is 0.718. The maximum Gasteiger partial charge on any atom is 0.0522 e. The average molecular weight is 205 g/mol. The predicted octanol–water partition coefficient (Wildman–Crippen LogP) is 1.79. The van der Waals surface area contributed by atoms with E-state index in [9.17, 15) is 0 Å². The second-order valence-corrected chi connectivity index (χ2v) is 3.53. The van der Waals surface area contributed by atoms with Crippen LogP contribution >= 0.6 is 0 Å². The summed E-state index contributed by atoms with van der Waals surface area (Å²) in [6.07, 6.45) is 8.99. The SMILES string of the molecule is C#CCC(CC)NCc1ccnn1CC. The fraction of sp³-hybridized carbons (Fsp3) is 0.583. The molecular weight excluding hydrogens is 186 g/mol. The van der Waals surface area contributed by atoms with Crippen LogP contribution in [0, 0.1) is 12.3 Å². The molecule has 0 aliphatic heterocycles. The molecule has 0 aliphatic carbocycles. The van der Waals surface area contributed by atoms with Gasteiger partial charge in [0.05, 0.1) is 5.69 Å². The molecular formula is C12H19N3. The van der Waals surface area contributed by atoms with E-state index in [1.54, 1.807) is 0 Å². The molecule has 1 rings (SSSR count). The highest BCUT2D eigenvalue weighted by Crippen LogP contribution is 2.02. The number of aryl methyl sites for hydroxylation is 1. The van der Waals surface area contributed by atoms with Gasteiger partial charge in [-0.2, -0.15) is 5.10 Å². The van der Waals surface area contributed by atoms with E-state index in [-0.39, 0.29) is 0 Å². The van der Waals surface area contributed by atoms with E-state index in [1.165, 1.54) is 5.69 Å². The van der Waals surface area contributed by atoms with E-state index in [0.29, 0.717) is 6.04 Å². The molecule has 1 aromatic rings. The number of hydrogen-bond acceptors (Lipinski definition) is 2. The second-order valence-electron chi connectivity index (χ2n) is 3.53. The monoisotopic (exact) mass is 205 g/mol. The fourth-order valence-electron chi connectivity index (χ4n) is 1.55. The first-order chi connectivity index (χ1) is 7.31. The zero-order valence-electron chi connectivity index (χ0n) is 9.53. The lowest BCUT2D eigenvalue weighted by Crippen LogP contribution is -2.28. The first-order valence-electron chi connectivity index (χ1n) is 5.49. The Labute approximate surface area is 91.9 Å². The summed E-state index contributed by atoms with van der Waals surface area (Å²) in [6.45, 7) is 5.99. The summed E-state index contributed by atoms with van der Waals surface area (Å²) in [4.78, 5) is 0. The number of rotatable bonds is 6. The van der Waals surface area contributed by atoms with Crippen molar-refractivity contribution in [3.63, 3.8) is 0 Å². The number of nitrogens with one attached hydrogen (secondary N) is 1. The second kappa shape index (κ2) is 6.26. The van der Waals surface area contributed by atoms with Crippen LogP contribution in [0.1, 0.15) is 32.4 Å². The van der Waals surface area contributed by atoms with E-state index in [0.717, 1.165) is 25.9 Å². The molecule has 1 atom stereocenters. The van der Waals surface area contributed by atoms with Gasteiger partial charge in [-0.25, -0.2) is 0 Å². The van der Waals surface area contributed by atoms with Crippen LogP contribution in [-0.2, 0) is 13.1 Å². The minimum atomic E-state index is 0.412. The molecule has 0 bridgehead atoms. The number of terminal acetylenes is 1. The van der Waals surface area contributed by atoms with Crippen molar-refractivity contribution in [1.29, 1.82) is 0 Å². The lowest BCUT2D eigenvalue weighted by atomic mass is 10.1. The third-order valence-electron chi connectivity index (χ3n) is 2.53. The molecule has 3 heteroatoms. The molecule has 0 aliphatic rings. The van der Waals surface area contributed by atoms with Gasteiger partial charge in [0.15, 0.2) is 0 Å². The summed E-state index contributed by atoms with van der Waals surface area (Å²) in [5.41, 5.74) is 1.22. The summed E-state index contributed by atoms with van der Waals surface area (Å²) in [7, 11) is 0. The van der Waals surface area contributed by atoms with E-state index in [2.05, 4.69) is 30.2 Å². The van der Waals surface area contributed by atoms with Crippen molar-refractivity contribution in [2.24, 2.45) is 0 Å². The Morgan fingerprint density at radius 1 is 1.60 bits per heavy atom. The molecule has 0 radical (unpaired) electrons. The Kier molecular flexibility index (Phi) is 4.92. The van der Waals surface area contributed by atoms with Crippen molar-refractivity contribution in [1.82, 2.24) is 15.1 Å². The molecule has 1 N–H and O–H groups in total. The maximum atomic E-state index is 5.30. The van der Waals surface area contributed by atoms with E-state index < -0.39 is 0 Å². The molecule has 1 unspecified atom stereocenters. The van der Waals surface area contributed by atoms with Crippen LogP contribution in [0.15, 0.2) is 12.3 Å². The van der Waals surface area contributed by atoms with E-state index >= 15 is 0 Å². The molecule has 0 saturated carbocycles. The Bertz CT molecular complexity index is 322. The van der Waals surface area contributed by atoms with Crippen molar-refractivity contribution in [3.8, 4) is 12.3 Å². The summed E-state index contributed by atoms with van der Waals surface area (Å²) < 4.78 is 2.00. The lowest BCUT2D eigenvalue weighted by molar-refractivity contribution is 0.485. The van der Waals surface area contributed by atoms with Crippen LogP contribution in [0.5, 0.6) is 0 Å². The Morgan fingerprint density at radius 2 is 2.40 bits per heavy atom. The highest BCUT2D eigenvalue weighted by atomic mass is 15.3. The van der Waals surface area contributed by atoms with Gasteiger partial charge in [0.25, 0.3) is 0 Å². The third kappa shape index (κ3) is 3.41. The number of nitrogens with zero attached hydrogens (tertiary/aromatic N) is 2. The Morgan fingerprint density at radius 3 is 3.00 bits per heavy atom. The Balaban J connectivity index is 2.45. The molecule has 3 nitrogen and oxygen atoms in total.